The second-order valence-electron chi connectivity index (χ2n) is 3.51. The summed E-state index contributed by atoms with van der Waals surface area (Å²) in [7, 11) is 0. The van der Waals surface area contributed by atoms with Crippen molar-refractivity contribution < 1.29 is 4.79 Å². The Balaban J connectivity index is 2.46. The number of hydrogen-bond acceptors (Lipinski definition) is 3. The molecule has 82 valence electrons. The maximum Gasteiger partial charge on any atom is 0.206 e. The summed E-state index contributed by atoms with van der Waals surface area (Å²) in [5.74, 6) is -0.0509. The highest BCUT2D eigenvalue weighted by atomic mass is 35.5. The Labute approximate surface area is 103 Å². The molecular formula is C12H10ClNOS. The van der Waals surface area contributed by atoms with Gasteiger partial charge in [-0.15, -0.1) is 11.3 Å². The van der Waals surface area contributed by atoms with Crippen LogP contribution in [0.25, 0.3) is 0 Å². The molecule has 2 rings (SSSR count). The molecule has 4 heteroatoms. The minimum Gasteiger partial charge on any atom is -0.288 e. The molecule has 0 aliphatic rings. The van der Waals surface area contributed by atoms with E-state index >= 15 is 0 Å². The third-order valence-electron chi connectivity index (χ3n) is 2.29. The van der Waals surface area contributed by atoms with Gasteiger partial charge in [0.1, 0.15) is 0 Å². The predicted molar refractivity (Wildman–Crippen MR) is 66.5 cm³/mol. The minimum absolute atomic E-state index is 0.0509. The average molecular weight is 252 g/mol. The van der Waals surface area contributed by atoms with Gasteiger partial charge in [0.2, 0.25) is 5.78 Å². The van der Waals surface area contributed by atoms with E-state index in [0.29, 0.717) is 15.5 Å². The Morgan fingerprint density at radius 1 is 1.31 bits per heavy atom. The number of thiophene rings is 1. The summed E-state index contributed by atoms with van der Waals surface area (Å²) >= 11 is 7.29. The minimum atomic E-state index is -0.0509. The van der Waals surface area contributed by atoms with E-state index in [2.05, 4.69) is 4.98 Å². The van der Waals surface area contributed by atoms with Gasteiger partial charge in [-0.05, 0) is 37.4 Å². The summed E-state index contributed by atoms with van der Waals surface area (Å²) in [5, 5.41) is 2.32. The molecule has 16 heavy (non-hydrogen) atoms. The normalized spacial score (nSPS) is 10.4. The van der Waals surface area contributed by atoms with Crippen LogP contribution in [0.1, 0.15) is 26.6 Å². The number of pyridine rings is 1. The van der Waals surface area contributed by atoms with Gasteiger partial charge in [-0.2, -0.15) is 0 Å². The van der Waals surface area contributed by atoms with Crippen LogP contribution in [0.3, 0.4) is 0 Å². The number of rotatable bonds is 2. The van der Waals surface area contributed by atoms with E-state index < -0.39 is 0 Å². The highest BCUT2D eigenvalue weighted by Gasteiger charge is 2.16. The van der Waals surface area contributed by atoms with Crippen LogP contribution in [0, 0.1) is 13.8 Å². The van der Waals surface area contributed by atoms with Gasteiger partial charge in [-0.1, -0.05) is 11.6 Å². The molecule has 2 heterocycles. The zero-order chi connectivity index (χ0) is 11.7. The van der Waals surface area contributed by atoms with Gasteiger partial charge >= 0.3 is 0 Å². The van der Waals surface area contributed by atoms with Crippen molar-refractivity contribution in [3.63, 3.8) is 0 Å². The molecule has 2 aromatic rings. The lowest BCUT2D eigenvalue weighted by Gasteiger charge is -2.03. The number of carbonyl (C=O) groups excluding carboxylic acids is 1. The number of hydrogen-bond donors (Lipinski definition) is 0. The van der Waals surface area contributed by atoms with Gasteiger partial charge in [0, 0.05) is 17.0 Å². The largest absolute Gasteiger partial charge is 0.288 e. The van der Waals surface area contributed by atoms with Gasteiger partial charge in [0.05, 0.1) is 9.90 Å². The summed E-state index contributed by atoms with van der Waals surface area (Å²) in [6.07, 6.45) is 0. The van der Waals surface area contributed by atoms with E-state index in [-0.39, 0.29) is 5.78 Å². The molecule has 0 radical (unpaired) electrons. The van der Waals surface area contributed by atoms with Crippen LogP contribution in [-0.4, -0.2) is 10.8 Å². The van der Waals surface area contributed by atoms with Crippen LogP contribution >= 0.6 is 22.9 Å². The van der Waals surface area contributed by atoms with Gasteiger partial charge in [-0.25, -0.2) is 0 Å². The summed E-state index contributed by atoms with van der Waals surface area (Å²) in [6, 6.07) is 5.37. The fourth-order valence-electron chi connectivity index (χ4n) is 1.50. The molecule has 0 bridgehead atoms. The van der Waals surface area contributed by atoms with E-state index in [1.54, 1.807) is 12.1 Å². The zero-order valence-electron chi connectivity index (χ0n) is 8.95. The lowest BCUT2D eigenvalue weighted by atomic mass is 10.1. The molecule has 2 nitrogen and oxygen atoms in total. The first-order valence-electron chi connectivity index (χ1n) is 4.81. The molecule has 0 spiro atoms. The van der Waals surface area contributed by atoms with Crippen LogP contribution in [-0.2, 0) is 0 Å². The number of ketones is 1. The number of halogens is 1. The van der Waals surface area contributed by atoms with Crippen molar-refractivity contribution in [1.82, 2.24) is 4.98 Å². The van der Waals surface area contributed by atoms with Crippen molar-refractivity contribution in [2.24, 2.45) is 0 Å². The van der Waals surface area contributed by atoms with Gasteiger partial charge in [0.15, 0.2) is 0 Å². The highest BCUT2D eigenvalue weighted by Crippen LogP contribution is 2.25. The molecule has 0 fully saturated rings. The quantitative estimate of drug-likeness (QED) is 0.763. The monoisotopic (exact) mass is 251 g/mol. The van der Waals surface area contributed by atoms with Crippen LogP contribution < -0.4 is 0 Å². The smallest absolute Gasteiger partial charge is 0.206 e. The van der Waals surface area contributed by atoms with E-state index in [0.717, 1.165) is 11.4 Å². The second kappa shape index (κ2) is 4.36. The molecule has 0 aliphatic carbocycles. The fraction of sp³-hybridized carbons (Fsp3) is 0.167. The van der Waals surface area contributed by atoms with Crippen LogP contribution in [0.15, 0.2) is 23.6 Å². The molecule has 0 atom stereocenters. The number of aromatic nitrogens is 1. The standard InChI is InChI=1S/C12H10ClNOS/c1-7-3-4-9(8(2)14-7)11(15)12-10(13)5-6-16-12/h3-6H,1-2H3. The van der Waals surface area contributed by atoms with E-state index in [4.69, 9.17) is 11.6 Å². The number of carbonyl (C=O) groups is 1. The molecule has 2 aromatic heterocycles. The van der Waals surface area contributed by atoms with Crippen molar-refractivity contribution in [3.05, 3.63) is 50.4 Å². The SMILES string of the molecule is Cc1ccc(C(=O)c2sccc2Cl)c(C)n1. The molecule has 0 unspecified atom stereocenters. The van der Waals surface area contributed by atoms with E-state index in [1.807, 2.05) is 25.3 Å². The van der Waals surface area contributed by atoms with Gasteiger partial charge in [0.25, 0.3) is 0 Å². The molecule has 0 aromatic carbocycles. The van der Waals surface area contributed by atoms with Crippen LogP contribution in [0.4, 0.5) is 0 Å². The van der Waals surface area contributed by atoms with E-state index in [1.165, 1.54) is 11.3 Å². The molecule has 0 saturated carbocycles. The highest BCUT2D eigenvalue weighted by molar-refractivity contribution is 7.13. The first-order chi connectivity index (χ1) is 7.59. The predicted octanol–water partition coefficient (Wildman–Crippen LogP) is 3.64. The van der Waals surface area contributed by atoms with Gasteiger partial charge < -0.3 is 0 Å². The molecule has 0 aliphatic heterocycles. The topological polar surface area (TPSA) is 30.0 Å². The molecule has 0 saturated heterocycles. The Morgan fingerprint density at radius 3 is 2.62 bits per heavy atom. The average Bonchev–Trinajstić information content (AvgIpc) is 2.63. The van der Waals surface area contributed by atoms with Gasteiger partial charge in [-0.3, -0.25) is 9.78 Å². The molecule has 0 amide bonds. The third kappa shape index (κ3) is 2.01. The summed E-state index contributed by atoms with van der Waals surface area (Å²) < 4.78 is 0. The van der Waals surface area contributed by atoms with Crippen LogP contribution in [0.2, 0.25) is 5.02 Å². The zero-order valence-corrected chi connectivity index (χ0v) is 10.5. The Bertz CT molecular complexity index is 548. The van der Waals surface area contributed by atoms with Crippen molar-refractivity contribution in [1.29, 1.82) is 0 Å². The third-order valence-corrected chi connectivity index (χ3v) is 3.63. The summed E-state index contributed by atoms with van der Waals surface area (Å²) in [5.41, 5.74) is 2.27. The molecular weight excluding hydrogens is 242 g/mol. The first-order valence-corrected chi connectivity index (χ1v) is 6.07. The lowest BCUT2D eigenvalue weighted by molar-refractivity contribution is 0.104. The second-order valence-corrected chi connectivity index (χ2v) is 4.84. The van der Waals surface area contributed by atoms with Crippen molar-refractivity contribution in [2.45, 2.75) is 13.8 Å². The fourth-order valence-corrected chi connectivity index (χ4v) is 2.60. The van der Waals surface area contributed by atoms with Crippen molar-refractivity contribution >= 4 is 28.7 Å². The van der Waals surface area contributed by atoms with Crippen molar-refractivity contribution in [2.75, 3.05) is 0 Å². The lowest BCUT2D eigenvalue weighted by Crippen LogP contribution is -2.04. The number of nitrogens with zero attached hydrogens (tertiary/aromatic N) is 1. The number of aryl methyl sites for hydroxylation is 2. The maximum atomic E-state index is 12.1. The maximum absolute atomic E-state index is 12.1. The van der Waals surface area contributed by atoms with Crippen LogP contribution in [0.5, 0.6) is 0 Å². The molecule has 0 N–H and O–H groups in total. The van der Waals surface area contributed by atoms with Crippen molar-refractivity contribution in [3.8, 4) is 0 Å². The first kappa shape index (κ1) is 11.3. The summed E-state index contributed by atoms with van der Waals surface area (Å²) in [4.78, 5) is 17.0. The Kier molecular flexibility index (Phi) is 3.08. The Morgan fingerprint density at radius 2 is 2.06 bits per heavy atom. The van der Waals surface area contributed by atoms with E-state index in [9.17, 15) is 4.79 Å². The summed E-state index contributed by atoms with van der Waals surface area (Å²) in [6.45, 7) is 3.74. The Hall–Kier alpha value is -1.19.